The van der Waals surface area contributed by atoms with E-state index >= 15 is 0 Å². The lowest BCUT2D eigenvalue weighted by atomic mass is 10.0. The van der Waals surface area contributed by atoms with Crippen LogP contribution >= 0.6 is 12.2 Å². The first-order valence-corrected chi connectivity index (χ1v) is 12.0. The van der Waals surface area contributed by atoms with Crippen LogP contribution in [0.4, 0.5) is 11.4 Å². The summed E-state index contributed by atoms with van der Waals surface area (Å²) in [6.07, 6.45) is 5.67. The molecular formula is C27H26N6O2S. The van der Waals surface area contributed by atoms with E-state index < -0.39 is 0 Å². The van der Waals surface area contributed by atoms with Gasteiger partial charge in [-0.05, 0) is 72.9 Å². The van der Waals surface area contributed by atoms with E-state index in [2.05, 4.69) is 42.3 Å². The summed E-state index contributed by atoms with van der Waals surface area (Å²) in [5, 5.41) is 6.93. The third kappa shape index (κ3) is 4.98. The van der Waals surface area contributed by atoms with Crippen molar-refractivity contribution < 1.29 is 9.53 Å². The maximum absolute atomic E-state index is 11.9. The number of aromatic nitrogens is 3. The average Bonchev–Trinajstić information content (AvgIpc) is 3.49. The molecule has 4 heterocycles. The number of carbonyl (C=O) groups excluding carboxylic acids is 1. The Hall–Kier alpha value is -4.08. The zero-order valence-corrected chi connectivity index (χ0v) is 20.6. The van der Waals surface area contributed by atoms with Crippen LogP contribution in [0.25, 0.3) is 0 Å². The molecule has 3 aromatic heterocycles. The molecule has 0 spiro atoms. The van der Waals surface area contributed by atoms with E-state index in [4.69, 9.17) is 17.0 Å². The number of pyridine rings is 2. The molecule has 1 amide bonds. The number of carbonyl (C=O) groups is 1. The number of hydrogen-bond acceptors (Lipinski definition) is 5. The van der Waals surface area contributed by atoms with Gasteiger partial charge in [-0.3, -0.25) is 14.8 Å². The summed E-state index contributed by atoms with van der Waals surface area (Å²) in [5.74, 6) is -0.205. The predicted molar refractivity (Wildman–Crippen MR) is 143 cm³/mol. The van der Waals surface area contributed by atoms with Crippen LogP contribution in [0, 0.1) is 0 Å². The molecule has 0 aliphatic carbocycles. The van der Waals surface area contributed by atoms with Gasteiger partial charge in [0.2, 0.25) is 5.91 Å². The molecule has 0 radical (unpaired) electrons. The fourth-order valence-electron chi connectivity index (χ4n) is 4.47. The largest absolute Gasteiger partial charge is 0.375 e. The Kier molecular flexibility index (Phi) is 7.01. The minimum atomic E-state index is -0.205. The molecule has 2 N–H and O–H groups in total. The lowest BCUT2D eigenvalue weighted by molar-refractivity contribution is -0.119. The fourth-order valence-corrected chi connectivity index (χ4v) is 4.82. The smallest absolute Gasteiger partial charge is 0.250 e. The molecule has 4 aromatic rings. The predicted octanol–water partition coefficient (Wildman–Crippen LogP) is 4.09. The van der Waals surface area contributed by atoms with Crippen molar-refractivity contribution in [1.82, 2.24) is 19.9 Å². The van der Waals surface area contributed by atoms with Crippen molar-refractivity contribution in [2.75, 3.05) is 23.9 Å². The maximum Gasteiger partial charge on any atom is 0.250 e. The Labute approximate surface area is 215 Å². The van der Waals surface area contributed by atoms with Crippen LogP contribution in [0.5, 0.6) is 0 Å². The van der Waals surface area contributed by atoms with Crippen LogP contribution in [0.1, 0.15) is 29.2 Å². The summed E-state index contributed by atoms with van der Waals surface area (Å²) < 4.78 is 7.10. The number of amides is 1. The Morgan fingerprint density at radius 1 is 1.03 bits per heavy atom. The number of thiocarbonyl (C=S) groups is 1. The summed E-state index contributed by atoms with van der Waals surface area (Å²) in [5.41, 5.74) is 4.56. The van der Waals surface area contributed by atoms with Gasteiger partial charge in [0.15, 0.2) is 5.11 Å². The number of hydrogen-bond donors (Lipinski definition) is 2. The van der Waals surface area contributed by atoms with Gasteiger partial charge in [0.25, 0.3) is 0 Å². The summed E-state index contributed by atoms with van der Waals surface area (Å²) >= 11 is 5.84. The van der Waals surface area contributed by atoms with Crippen molar-refractivity contribution >= 4 is 34.6 Å². The molecule has 1 fully saturated rings. The van der Waals surface area contributed by atoms with E-state index in [1.807, 2.05) is 66.7 Å². The van der Waals surface area contributed by atoms with E-state index in [1.165, 1.54) is 7.11 Å². The number of methoxy groups -OCH3 is 1. The highest BCUT2D eigenvalue weighted by molar-refractivity contribution is 7.80. The van der Waals surface area contributed by atoms with Crippen LogP contribution in [-0.2, 0) is 16.1 Å². The molecule has 0 saturated carbocycles. The average molecular weight is 499 g/mol. The number of nitrogens with zero attached hydrogens (tertiary/aromatic N) is 4. The standard InChI is InChI=1S/C27H26N6O2S/c1-35-18-24(34)30-19-10-12-21(13-11-19)33-26(25(31-27(33)36)22-8-3-5-15-29-22)23-9-6-16-32(23)17-20-7-2-4-14-28-20/h2-16,25-26H,17-18H2,1H3,(H,30,34)(H,31,36). The van der Waals surface area contributed by atoms with Crippen LogP contribution in [0.2, 0.25) is 0 Å². The number of nitrogens with one attached hydrogen (secondary N) is 2. The normalized spacial score (nSPS) is 17.1. The van der Waals surface area contributed by atoms with Gasteiger partial charge in [-0.15, -0.1) is 0 Å². The second kappa shape index (κ2) is 10.7. The molecule has 8 nitrogen and oxygen atoms in total. The molecular weight excluding hydrogens is 472 g/mol. The quantitative estimate of drug-likeness (QED) is 0.354. The summed E-state index contributed by atoms with van der Waals surface area (Å²) in [6, 6.07) is 23.3. The highest BCUT2D eigenvalue weighted by Crippen LogP contribution is 2.41. The van der Waals surface area contributed by atoms with Crippen molar-refractivity contribution in [3.8, 4) is 0 Å². The molecule has 1 aromatic carbocycles. The summed E-state index contributed by atoms with van der Waals surface area (Å²) in [6.45, 7) is 0.642. The lowest BCUT2D eigenvalue weighted by Crippen LogP contribution is -2.30. The van der Waals surface area contributed by atoms with Gasteiger partial charge in [-0.1, -0.05) is 12.1 Å². The molecule has 9 heteroatoms. The minimum Gasteiger partial charge on any atom is -0.375 e. The third-order valence-corrected chi connectivity index (χ3v) is 6.34. The van der Waals surface area contributed by atoms with Gasteiger partial charge in [0.1, 0.15) is 12.6 Å². The maximum atomic E-state index is 11.9. The number of benzene rings is 1. The Morgan fingerprint density at radius 2 is 1.81 bits per heavy atom. The summed E-state index contributed by atoms with van der Waals surface area (Å²) in [7, 11) is 1.49. The van der Waals surface area contributed by atoms with E-state index in [0.717, 1.165) is 22.8 Å². The van der Waals surface area contributed by atoms with Gasteiger partial charge in [-0.25, -0.2) is 0 Å². The van der Waals surface area contributed by atoms with Crippen molar-refractivity contribution in [2.24, 2.45) is 0 Å². The van der Waals surface area contributed by atoms with Crippen molar-refractivity contribution in [1.29, 1.82) is 0 Å². The van der Waals surface area contributed by atoms with Gasteiger partial charge in [0, 0.05) is 42.8 Å². The molecule has 2 unspecified atom stereocenters. The zero-order valence-electron chi connectivity index (χ0n) is 19.7. The minimum absolute atomic E-state index is 0.00295. The lowest BCUT2D eigenvalue weighted by Gasteiger charge is -2.29. The zero-order chi connectivity index (χ0) is 24.9. The molecule has 5 rings (SSSR count). The van der Waals surface area contributed by atoms with Crippen LogP contribution in [-0.4, -0.2) is 39.3 Å². The molecule has 1 saturated heterocycles. The first-order valence-electron chi connectivity index (χ1n) is 11.6. The molecule has 0 bridgehead atoms. The topological polar surface area (TPSA) is 84.3 Å². The highest BCUT2D eigenvalue weighted by atomic mass is 32.1. The van der Waals surface area contributed by atoms with E-state index in [-0.39, 0.29) is 24.6 Å². The van der Waals surface area contributed by atoms with Crippen molar-refractivity contribution in [3.05, 3.63) is 108 Å². The van der Waals surface area contributed by atoms with Gasteiger partial charge in [0.05, 0.1) is 24.0 Å². The number of anilines is 2. The summed E-state index contributed by atoms with van der Waals surface area (Å²) in [4.78, 5) is 23.2. The molecule has 1 aliphatic rings. The molecule has 182 valence electrons. The monoisotopic (exact) mass is 498 g/mol. The number of ether oxygens (including phenoxy) is 1. The van der Waals surface area contributed by atoms with Crippen molar-refractivity contribution in [2.45, 2.75) is 18.6 Å². The second-order valence-corrected chi connectivity index (χ2v) is 8.79. The van der Waals surface area contributed by atoms with Crippen LogP contribution in [0.15, 0.2) is 91.4 Å². The fraction of sp³-hybridized carbons (Fsp3) is 0.185. The van der Waals surface area contributed by atoms with E-state index in [9.17, 15) is 4.79 Å². The molecule has 1 aliphatic heterocycles. The van der Waals surface area contributed by atoms with E-state index in [1.54, 1.807) is 12.4 Å². The van der Waals surface area contributed by atoms with Gasteiger partial charge < -0.3 is 24.8 Å². The molecule has 2 atom stereocenters. The van der Waals surface area contributed by atoms with Gasteiger partial charge in [-0.2, -0.15) is 0 Å². The Balaban J connectivity index is 1.51. The van der Waals surface area contributed by atoms with Crippen LogP contribution in [0.3, 0.4) is 0 Å². The first-order chi connectivity index (χ1) is 17.6. The highest BCUT2D eigenvalue weighted by Gasteiger charge is 2.42. The SMILES string of the molecule is COCC(=O)Nc1ccc(N2C(=S)NC(c3ccccn3)C2c2cccn2Cc2ccccn2)cc1. The Morgan fingerprint density at radius 3 is 2.50 bits per heavy atom. The molecule has 36 heavy (non-hydrogen) atoms. The first kappa shape index (κ1) is 23.7. The Bertz CT molecular complexity index is 1330. The van der Waals surface area contributed by atoms with Crippen LogP contribution < -0.4 is 15.5 Å². The van der Waals surface area contributed by atoms with Gasteiger partial charge >= 0.3 is 0 Å². The van der Waals surface area contributed by atoms with Crippen molar-refractivity contribution in [3.63, 3.8) is 0 Å². The second-order valence-electron chi connectivity index (χ2n) is 8.41. The number of rotatable bonds is 8. The van der Waals surface area contributed by atoms with E-state index in [0.29, 0.717) is 17.3 Å². The third-order valence-electron chi connectivity index (χ3n) is 6.03.